The summed E-state index contributed by atoms with van der Waals surface area (Å²) >= 11 is 0. The zero-order chi connectivity index (χ0) is 8.39. The molecule has 0 spiro atoms. The van der Waals surface area contributed by atoms with Crippen LogP contribution in [0.5, 0.6) is 0 Å². The van der Waals surface area contributed by atoms with Crippen molar-refractivity contribution >= 4 is 0 Å². The molecule has 1 aliphatic rings. The van der Waals surface area contributed by atoms with Gasteiger partial charge >= 0.3 is 0 Å². The second kappa shape index (κ2) is 3.25. The molecule has 0 saturated carbocycles. The average Bonchev–Trinajstić information content (AvgIpc) is 2.54. The fourth-order valence-corrected chi connectivity index (χ4v) is 1.30. The van der Waals surface area contributed by atoms with E-state index in [1.807, 2.05) is 13.0 Å². The Bertz CT molecular complexity index is 253. The third kappa shape index (κ3) is 1.49. The van der Waals surface area contributed by atoms with E-state index in [4.69, 9.17) is 9.26 Å². The van der Waals surface area contributed by atoms with Gasteiger partial charge in [0.1, 0.15) is 0 Å². The van der Waals surface area contributed by atoms with Crippen LogP contribution < -0.4 is 5.32 Å². The Kier molecular flexibility index (Phi) is 2.10. The Morgan fingerprint density at radius 3 is 3.17 bits per heavy atom. The van der Waals surface area contributed by atoms with E-state index in [-0.39, 0.29) is 6.04 Å². The minimum atomic E-state index is 0.181. The SMILES string of the molecule is Cc1cc(C2COCCN2)on1. The number of nitrogens with zero attached hydrogens (tertiary/aromatic N) is 1. The van der Waals surface area contributed by atoms with Crippen molar-refractivity contribution in [1.29, 1.82) is 0 Å². The lowest BCUT2D eigenvalue weighted by atomic mass is 10.2. The lowest BCUT2D eigenvalue weighted by Gasteiger charge is -2.20. The summed E-state index contributed by atoms with van der Waals surface area (Å²) in [5.74, 6) is 0.868. The Morgan fingerprint density at radius 2 is 2.58 bits per heavy atom. The van der Waals surface area contributed by atoms with Gasteiger partial charge in [-0.2, -0.15) is 0 Å². The van der Waals surface area contributed by atoms with E-state index < -0.39 is 0 Å². The number of hydrogen-bond acceptors (Lipinski definition) is 4. The number of morpholine rings is 1. The fourth-order valence-electron chi connectivity index (χ4n) is 1.30. The highest BCUT2D eigenvalue weighted by Crippen LogP contribution is 2.15. The molecule has 1 aromatic rings. The molecule has 12 heavy (non-hydrogen) atoms. The van der Waals surface area contributed by atoms with Gasteiger partial charge in [0.25, 0.3) is 0 Å². The van der Waals surface area contributed by atoms with E-state index in [1.54, 1.807) is 0 Å². The van der Waals surface area contributed by atoms with Crippen LogP contribution in [0.15, 0.2) is 10.6 Å². The first-order chi connectivity index (χ1) is 5.86. The maximum absolute atomic E-state index is 5.30. The van der Waals surface area contributed by atoms with Crippen molar-refractivity contribution in [2.75, 3.05) is 19.8 Å². The summed E-state index contributed by atoms with van der Waals surface area (Å²) in [6.45, 7) is 4.25. The zero-order valence-electron chi connectivity index (χ0n) is 7.04. The number of hydrogen-bond donors (Lipinski definition) is 1. The summed E-state index contributed by atoms with van der Waals surface area (Å²) < 4.78 is 10.4. The van der Waals surface area contributed by atoms with Crippen molar-refractivity contribution < 1.29 is 9.26 Å². The molecular weight excluding hydrogens is 156 g/mol. The van der Waals surface area contributed by atoms with Crippen molar-refractivity contribution in [2.45, 2.75) is 13.0 Å². The van der Waals surface area contributed by atoms with E-state index in [0.717, 1.165) is 24.6 Å². The molecule has 0 bridgehead atoms. The van der Waals surface area contributed by atoms with Crippen molar-refractivity contribution in [1.82, 2.24) is 10.5 Å². The maximum Gasteiger partial charge on any atom is 0.156 e. The average molecular weight is 168 g/mol. The third-order valence-electron chi connectivity index (χ3n) is 1.91. The normalized spacial score (nSPS) is 24.2. The minimum Gasteiger partial charge on any atom is -0.378 e. The molecule has 4 nitrogen and oxygen atoms in total. The lowest BCUT2D eigenvalue weighted by Crippen LogP contribution is -2.34. The maximum atomic E-state index is 5.30. The monoisotopic (exact) mass is 168 g/mol. The van der Waals surface area contributed by atoms with Gasteiger partial charge in [-0.25, -0.2) is 0 Å². The molecule has 1 saturated heterocycles. The summed E-state index contributed by atoms with van der Waals surface area (Å²) in [6.07, 6.45) is 0. The number of ether oxygens (including phenoxy) is 1. The number of rotatable bonds is 1. The smallest absolute Gasteiger partial charge is 0.156 e. The highest BCUT2D eigenvalue weighted by molar-refractivity contribution is 5.08. The highest BCUT2D eigenvalue weighted by Gasteiger charge is 2.18. The molecule has 1 aliphatic heterocycles. The number of aryl methyl sites for hydroxylation is 1. The van der Waals surface area contributed by atoms with Crippen LogP contribution in [-0.2, 0) is 4.74 Å². The molecule has 0 aliphatic carbocycles. The predicted molar refractivity (Wildman–Crippen MR) is 42.8 cm³/mol. The van der Waals surface area contributed by atoms with Crippen LogP contribution in [0.4, 0.5) is 0 Å². The molecule has 1 fully saturated rings. The van der Waals surface area contributed by atoms with E-state index in [2.05, 4.69) is 10.5 Å². The van der Waals surface area contributed by atoms with Crippen LogP contribution in [0, 0.1) is 6.92 Å². The fraction of sp³-hybridized carbons (Fsp3) is 0.625. The zero-order valence-corrected chi connectivity index (χ0v) is 7.04. The van der Waals surface area contributed by atoms with Crippen molar-refractivity contribution in [3.05, 3.63) is 17.5 Å². The molecule has 0 radical (unpaired) electrons. The van der Waals surface area contributed by atoms with Gasteiger partial charge in [-0.3, -0.25) is 0 Å². The quantitative estimate of drug-likeness (QED) is 0.668. The van der Waals surface area contributed by atoms with Gasteiger partial charge in [0.15, 0.2) is 5.76 Å². The molecule has 4 heteroatoms. The molecular formula is C8H12N2O2. The van der Waals surface area contributed by atoms with Gasteiger partial charge in [0.2, 0.25) is 0 Å². The minimum absolute atomic E-state index is 0.181. The Balaban J connectivity index is 2.08. The van der Waals surface area contributed by atoms with Crippen LogP contribution in [0.2, 0.25) is 0 Å². The van der Waals surface area contributed by atoms with Crippen LogP contribution in [0.25, 0.3) is 0 Å². The molecule has 66 valence electrons. The van der Waals surface area contributed by atoms with Crippen LogP contribution >= 0.6 is 0 Å². The summed E-state index contributed by atoms with van der Waals surface area (Å²) in [5, 5.41) is 7.11. The van der Waals surface area contributed by atoms with Gasteiger partial charge in [-0.1, -0.05) is 5.16 Å². The van der Waals surface area contributed by atoms with Gasteiger partial charge in [-0.05, 0) is 6.92 Å². The largest absolute Gasteiger partial charge is 0.378 e. The number of nitrogens with one attached hydrogen (secondary N) is 1. The van der Waals surface area contributed by atoms with E-state index in [9.17, 15) is 0 Å². The third-order valence-corrected chi connectivity index (χ3v) is 1.91. The van der Waals surface area contributed by atoms with E-state index in [0.29, 0.717) is 6.61 Å². The Morgan fingerprint density at radius 1 is 1.67 bits per heavy atom. The first-order valence-corrected chi connectivity index (χ1v) is 4.10. The first-order valence-electron chi connectivity index (χ1n) is 4.10. The van der Waals surface area contributed by atoms with E-state index in [1.165, 1.54) is 0 Å². The van der Waals surface area contributed by atoms with Gasteiger partial charge < -0.3 is 14.6 Å². The molecule has 1 aromatic heterocycles. The molecule has 0 aromatic carbocycles. The highest BCUT2D eigenvalue weighted by atomic mass is 16.5. The second-order valence-corrected chi connectivity index (χ2v) is 2.95. The summed E-state index contributed by atoms with van der Waals surface area (Å²) in [6, 6.07) is 2.12. The molecule has 0 amide bonds. The predicted octanol–water partition coefficient (Wildman–Crippen LogP) is 0.644. The standard InChI is InChI=1S/C8H12N2O2/c1-6-4-8(12-10-6)7-5-11-3-2-9-7/h4,7,9H,2-3,5H2,1H3. The van der Waals surface area contributed by atoms with Crippen molar-refractivity contribution in [3.8, 4) is 0 Å². The molecule has 1 N–H and O–H groups in total. The lowest BCUT2D eigenvalue weighted by molar-refractivity contribution is 0.0677. The summed E-state index contributed by atoms with van der Waals surface area (Å²) in [4.78, 5) is 0. The molecule has 2 heterocycles. The van der Waals surface area contributed by atoms with Crippen LogP contribution in [0.1, 0.15) is 17.5 Å². The summed E-state index contributed by atoms with van der Waals surface area (Å²) in [5.41, 5.74) is 0.914. The molecule has 1 atom stereocenters. The number of aromatic nitrogens is 1. The Hall–Kier alpha value is -0.870. The van der Waals surface area contributed by atoms with Crippen molar-refractivity contribution in [3.63, 3.8) is 0 Å². The van der Waals surface area contributed by atoms with Crippen LogP contribution in [0.3, 0.4) is 0 Å². The summed E-state index contributed by atoms with van der Waals surface area (Å²) in [7, 11) is 0. The Labute approximate surface area is 70.9 Å². The van der Waals surface area contributed by atoms with Gasteiger partial charge in [0, 0.05) is 12.6 Å². The van der Waals surface area contributed by atoms with Crippen molar-refractivity contribution in [2.24, 2.45) is 0 Å². The van der Waals surface area contributed by atoms with Gasteiger partial charge in [0.05, 0.1) is 24.9 Å². The van der Waals surface area contributed by atoms with Crippen LogP contribution in [-0.4, -0.2) is 24.9 Å². The topological polar surface area (TPSA) is 47.3 Å². The molecule has 1 unspecified atom stereocenters. The van der Waals surface area contributed by atoms with E-state index >= 15 is 0 Å². The first kappa shape index (κ1) is 7.76. The molecule has 2 rings (SSSR count). The second-order valence-electron chi connectivity index (χ2n) is 2.95. The van der Waals surface area contributed by atoms with Gasteiger partial charge in [-0.15, -0.1) is 0 Å².